The summed E-state index contributed by atoms with van der Waals surface area (Å²) in [5.74, 6) is -3.19. The first kappa shape index (κ1) is 66.3. The van der Waals surface area contributed by atoms with Gasteiger partial charge >= 0.3 is 25.4 Å². The van der Waals surface area contributed by atoms with Gasteiger partial charge in [-0.1, -0.05) is 186 Å². The second kappa shape index (κ2) is 29.1. The molecule has 0 fully saturated rings. The Morgan fingerprint density at radius 3 is 0.876 bits per heavy atom. The third kappa shape index (κ3) is 16.2. The quantitative estimate of drug-likeness (QED) is 0.0826. The molecule has 448 valence electrons. The Bertz CT molecular complexity index is 3890. The molecule has 10 aromatic carbocycles. The van der Waals surface area contributed by atoms with Gasteiger partial charge in [0.05, 0.1) is 5.97 Å². The molecule has 0 saturated carbocycles. The van der Waals surface area contributed by atoms with E-state index in [-0.39, 0.29) is 36.4 Å². The van der Waals surface area contributed by atoms with Crippen LogP contribution in [0.3, 0.4) is 0 Å². The molecule has 0 aliphatic heterocycles. The van der Waals surface area contributed by atoms with Crippen LogP contribution in [0.15, 0.2) is 170 Å². The van der Waals surface area contributed by atoms with Gasteiger partial charge in [0.25, 0.3) is 0 Å². The van der Waals surface area contributed by atoms with E-state index in [2.05, 4.69) is 204 Å². The van der Waals surface area contributed by atoms with Crippen molar-refractivity contribution in [2.24, 2.45) is 0 Å². The van der Waals surface area contributed by atoms with E-state index in [0.29, 0.717) is 24.0 Å². The first-order chi connectivity index (χ1) is 42.0. The number of aryl methyl sites for hydroxylation is 10. The Hall–Kier alpha value is -8.64. The molecule has 89 heavy (non-hydrogen) atoms. The number of carboxylic acid groups (broad SMARTS) is 2. The summed E-state index contributed by atoms with van der Waals surface area (Å²) in [6.45, 7) is 26.5. The van der Waals surface area contributed by atoms with Gasteiger partial charge in [0.1, 0.15) is 11.3 Å². The zero-order valence-electron chi connectivity index (χ0n) is 54.1. The fraction of sp³-hybridized carbons (Fsp3) is 0.244. The van der Waals surface area contributed by atoms with Crippen LogP contribution in [0.1, 0.15) is 176 Å². The Morgan fingerprint density at radius 1 is 0.337 bits per heavy atom. The van der Waals surface area contributed by atoms with E-state index in [4.69, 9.17) is 0 Å². The fourth-order valence-electron chi connectivity index (χ4n) is 13.2. The second-order valence-corrected chi connectivity index (χ2v) is 24.8. The molecular formula is C82H82O6Zn. The van der Waals surface area contributed by atoms with Crippen LogP contribution in [0.4, 0.5) is 0 Å². The molecule has 0 unspecified atom stereocenters. The fourth-order valence-corrected chi connectivity index (χ4v) is 13.2. The van der Waals surface area contributed by atoms with Gasteiger partial charge in [-0.3, -0.25) is 0 Å². The number of benzene rings is 10. The van der Waals surface area contributed by atoms with Gasteiger partial charge in [-0.25, -0.2) is 4.79 Å². The van der Waals surface area contributed by atoms with Crippen LogP contribution < -0.4 is 10.2 Å². The van der Waals surface area contributed by atoms with E-state index in [0.717, 1.165) is 49.7 Å². The van der Waals surface area contributed by atoms with Gasteiger partial charge in [-0.05, 0) is 279 Å². The van der Waals surface area contributed by atoms with Gasteiger partial charge in [0, 0.05) is 6.42 Å². The van der Waals surface area contributed by atoms with Crippen molar-refractivity contribution in [3.8, 4) is 11.5 Å². The van der Waals surface area contributed by atoms with Gasteiger partial charge in [0.15, 0.2) is 0 Å². The zero-order chi connectivity index (χ0) is 63.1. The number of hydrogen-bond donors (Lipinski definition) is 2. The normalized spacial score (nSPS) is 11.0. The Labute approximate surface area is 540 Å². The summed E-state index contributed by atoms with van der Waals surface area (Å²) in [5.41, 5.74) is 34.9. The summed E-state index contributed by atoms with van der Waals surface area (Å²) in [7, 11) is 0. The van der Waals surface area contributed by atoms with Crippen LogP contribution in [-0.2, 0) is 70.8 Å². The average Bonchev–Trinajstić information content (AvgIpc) is 2.12. The van der Waals surface area contributed by atoms with E-state index in [1.165, 1.54) is 146 Å². The van der Waals surface area contributed by atoms with E-state index in [1.807, 2.05) is 12.1 Å². The molecule has 0 bridgehead atoms. The minimum Gasteiger partial charge on any atom is -0.872 e. The predicted molar refractivity (Wildman–Crippen MR) is 356 cm³/mol. The molecule has 2 N–H and O–H groups in total. The van der Waals surface area contributed by atoms with Crippen molar-refractivity contribution >= 4 is 11.9 Å². The molecule has 0 aromatic heterocycles. The number of aromatic hydroxyl groups is 1. The van der Waals surface area contributed by atoms with Gasteiger partial charge in [-0.15, -0.1) is 0 Å². The minimum atomic E-state index is -1.43. The van der Waals surface area contributed by atoms with Crippen molar-refractivity contribution < 1.29 is 49.5 Å². The topological polar surface area (TPSA) is 121 Å². The van der Waals surface area contributed by atoms with Crippen LogP contribution in [0.2, 0.25) is 0 Å². The number of rotatable bonds is 18. The molecule has 0 heterocycles. The van der Waals surface area contributed by atoms with Crippen molar-refractivity contribution in [3.63, 3.8) is 0 Å². The predicted octanol–water partition coefficient (Wildman–Crippen LogP) is 16.6. The smallest absolute Gasteiger partial charge is 0.872 e. The minimum absolute atomic E-state index is 0. The van der Waals surface area contributed by atoms with Crippen LogP contribution in [-0.4, -0.2) is 22.2 Å². The number of aromatic carboxylic acids is 2. The van der Waals surface area contributed by atoms with E-state index >= 15 is 0 Å². The monoisotopic (exact) mass is 1230 g/mol. The van der Waals surface area contributed by atoms with Crippen LogP contribution in [0.5, 0.6) is 11.5 Å². The van der Waals surface area contributed by atoms with Crippen molar-refractivity contribution in [3.05, 3.63) is 337 Å². The number of carboxylic acids is 2. The third-order valence-corrected chi connectivity index (χ3v) is 18.1. The van der Waals surface area contributed by atoms with Crippen LogP contribution >= 0.6 is 0 Å². The largest absolute Gasteiger partial charge is 2.00 e. The maximum absolute atomic E-state index is 12.5. The second-order valence-electron chi connectivity index (χ2n) is 24.8. The molecule has 0 saturated heterocycles. The van der Waals surface area contributed by atoms with Crippen molar-refractivity contribution in [1.82, 2.24) is 0 Å². The molecule has 0 spiro atoms. The van der Waals surface area contributed by atoms with Crippen molar-refractivity contribution in [2.45, 2.75) is 134 Å². The van der Waals surface area contributed by atoms with Gasteiger partial charge < -0.3 is 25.2 Å². The van der Waals surface area contributed by atoms with Crippen LogP contribution in [0, 0.1) is 83.1 Å². The third-order valence-electron chi connectivity index (χ3n) is 18.1. The summed E-state index contributed by atoms with van der Waals surface area (Å²) in [4.78, 5) is 22.6. The molecular weight excluding hydrogens is 1150 g/mol. The first-order valence-electron chi connectivity index (χ1n) is 30.7. The maximum atomic E-state index is 12.5. The first-order valence-corrected chi connectivity index (χ1v) is 30.7. The van der Waals surface area contributed by atoms with Crippen molar-refractivity contribution in [1.29, 1.82) is 0 Å². The molecule has 10 rings (SSSR count). The number of carbonyl (C=O) groups is 2. The van der Waals surface area contributed by atoms with E-state index < -0.39 is 17.7 Å². The summed E-state index contributed by atoms with van der Waals surface area (Å²) < 4.78 is 0. The Morgan fingerprint density at radius 2 is 0.584 bits per heavy atom. The molecule has 0 aliphatic rings. The summed E-state index contributed by atoms with van der Waals surface area (Å²) in [6.07, 6.45) is 6.25. The number of hydrogen-bond acceptors (Lipinski definition) is 5. The standard InChI is InChI=1S/2C41H42O3.Zn/c2*1-25-18-26(2)37(27(3)19-25)22-32-14-16-34(17-15-32)24-39-29(5)20-28(4)38(30(39)6)23-33-12-10-31(11-13-33)21-35-8-7-9-36(40(35)42)41(43)44;/h2*7-20,42H,21-24H2,1-6H3,(H,43,44);/q;;+2/p-2. The molecule has 0 amide bonds. The summed E-state index contributed by atoms with van der Waals surface area (Å²) in [5, 5.41) is 43.5. The summed E-state index contributed by atoms with van der Waals surface area (Å²) in [6, 6.07) is 58.1. The number of phenols is 1. The molecule has 0 aliphatic carbocycles. The maximum Gasteiger partial charge on any atom is 2.00 e. The van der Waals surface area contributed by atoms with Crippen LogP contribution in [0.25, 0.3) is 0 Å². The molecule has 10 aromatic rings. The van der Waals surface area contributed by atoms with E-state index in [9.17, 15) is 30.0 Å². The zero-order valence-corrected chi connectivity index (χ0v) is 57.0. The number of para-hydroxylation sites is 2. The SMILES string of the molecule is Cc1cc(C)c(Cc2ccc(Cc3c(C)cc(C)c(Cc4ccc(Cc5cccc(C(=O)O)c5O)cc4)c3C)cc2)c(C)c1.Cc1cc(C)c(Cc2ccc(Cc3c(C)cc(C)c(Cc4ccc(Cc5cccc(C(=O)[O-])c5[O-])cc4)c3C)cc2)c(C)c1.[Zn+2]. The van der Waals surface area contributed by atoms with E-state index in [1.54, 1.807) is 24.3 Å². The number of carbonyl (C=O) groups excluding carboxylic acids is 1. The Balaban J connectivity index is 0.000000228. The molecule has 0 radical (unpaired) electrons. The van der Waals surface area contributed by atoms with Gasteiger partial charge in [-0.2, -0.15) is 0 Å². The average molecular weight is 1230 g/mol. The van der Waals surface area contributed by atoms with Gasteiger partial charge in [0.2, 0.25) is 0 Å². The van der Waals surface area contributed by atoms with Crippen molar-refractivity contribution in [2.75, 3.05) is 0 Å². The Kier molecular flexibility index (Phi) is 21.7. The molecule has 7 heteroatoms. The summed E-state index contributed by atoms with van der Waals surface area (Å²) >= 11 is 0. The molecule has 6 nitrogen and oxygen atoms in total. The molecule has 0 atom stereocenters.